The first-order chi connectivity index (χ1) is 15.7. The van der Waals surface area contributed by atoms with E-state index in [0.717, 1.165) is 0 Å². The maximum atomic E-state index is 13.5. The van der Waals surface area contributed by atoms with Crippen molar-refractivity contribution in [2.75, 3.05) is 31.6 Å². The van der Waals surface area contributed by atoms with E-state index in [-0.39, 0.29) is 47.8 Å². The normalized spacial score (nSPS) is 15.6. The number of carbonyl (C=O) groups excluding carboxylic acids is 1. The zero-order valence-electron chi connectivity index (χ0n) is 17.8. The van der Waals surface area contributed by atoms with Gasteiger partial charge in [-0.2, -0.15) is 0 Å². The minimum atomic E-state index is -3.69. The number of hydrogen-bond acceptors (Lipinski definition) is 8. The van der Waals surface area contributed by atoms with Gasteiger partial charge in [0.15, 0.2) is 11.5 Å². The molecular formula is C19H24ClFN6O5S. The number of amidine groups is 1. The first kappa shape index (κ1) is 25.0. The van der Waals surface area contributed by atoms with Crippen LogP contribution in [0.25, 0.3) is 0 Å². The van der Waals surface area contributed by atoms with Crippen LogP contribution in [0.5, 0.6) is 0 Å². The Morgan fingerprint density at radius 1 is 1.36 bits per heavy atom. The van der Waals surface area contributed by atoms with Gasteiger partial charge in [0.25, 0.3) is 0 Å². The van der Waals surface area contributed by atoms with Crippen LogP contribution < -0.4 is 10.0 Å². The lowest BCUT2D eigenvalue weighted by molar-refractivity contribution is -0.129. The fraction of sp³-hybridized carbons (Fsp3) is 0.474. The molecule has 1 amide bonds. The SMILES string of the molecule is CC(=O)N1CCC(S(=O)(=O)NCc2nonc2C(=NCCO)Nc2ccc(F)c(Cl)c2)CC1. The first-order valence-electron chi connectivity index (χ1n) is 10.1. The molecule has 0 aliphatic carbocycles. The van der Waals surface area contributed by atoms with Crippen LogP contribution in [-0.4, -0.2) is 72.0 Å². The van der Waals surface area contributed by atoms with Crippen molar-refractivity contribution in [1.82, 2.24) is 19.9 Å². The van der Waals surface area contributed by atoms with Gasteiger partial charge in [0.05, 0.1) is 30.0 Å². The molecule has 0 bridgehead atoms. The minimum absolute atomic E-state index is 0.0179. The topological polar surface area (TPSA) is 150 Å². The van der Waals surface area contributed by atoms with E-state index in [2.05, 4.69) is 25.3 Å². The van der Waals surface area contributed by atoms with Gasteiger partial charge in [-0.25, -0.2) is 22.2 Å². The molecule has 1 aliphatic heterocycles. The number of nitrogens with one attached hydrogen (secondary N) is 2. The highest BCUT2D eigenvalue weighted by atomic mass is 35.5. The number of anilines is 1. The molecule has 1 saturated heterocycles. The lowest BCUT2D eigenvalue weighted by atomic mass is 10.1. The fourth-order valence-corrected chi connectivity index (χ4v) is 4.90. The van der Waals surface area contributed by atoms with E-state index < -0.39 is 21.1 Å². The van der Waals surface area contributed by atoms with Gasteiger partial charge >= 0.3 is 0 Å². The van der Waals surface area contributed by atoms with Gasteiger partial charge in [0.2, 0.25) is 15.9 Å². The van der Waals surface area contributed by atoms with Crippen LogP contribution in [0.15, 0.2) is 27.8 Å². The van der Waals surface area contributed by atoms with Crippen LogP contribution in [0.1, 0.15) is 31.2 Å². The summed E-state index contributed by atoms with van der Waals surface area (Å²) in [6.45, 7) is 1.76. The summed E-state index contributed by atoms with van der Waals surface area (Å²) in [4.78, 5) is 17.3. The van der Waals surface area contributed by atoms with Crippen molar-refractivity contribution in [3.8, 4) is 0 Å². The Hall–Kier alpha value is -2.61. The molecule has 3 N–H and O–H groups in total. The third-order valence-corrected chi connectivity index (χ3v) is 7.29. The molecule has 0 radical (unpaired) electrons. The number of benzene rings is 1. The summed E-state index contributed by atoms with van der Waals surface area (Å²) in [7, 11) is -3.69. The van der Waals surface area contributed by atoms with Gasteiger partial charge in [-0.1, -0.05) is 16.8 Å². The van der Waals surface area contributed by atoms with E-state index in [1.165, 1.54) is 25.1 Å². The van der Waals surface area contributed by atoms with Crippen molar-refractivity contribution in [3.63, 3.8) is 0 Å². The van der Waals surface area contributed by atoms with Crippen molar-refractivity contribution in [2.45, 2.75) is 31.6 Å². The predicted octanol–water partition coefficient (Wildman–Crippen LogP) is 1.14. The van der Waals surface area contributed by atoms with Crippen molar-refractivity contribution >= 4 is 39.1 Å². The molecule has 0 spiro atoms. The fourth-order valence-electron chi connectivity index (χ4n) is 3.32. The molecule has 0 atom stereocenters. The van der Waals surface area contributed by atoms with Gasteiger partial charge in [0, 0.05) is 25.7 Å². The second-order valence-electron chi connectivity index (χ2n) is 7.34. The summed E-state index contributed by atoms with van der Waals surface area (Å²) >= 11 is 5.82. The summed E-state index contributed by atoms with van der Waals surface area (Å²) in [5, 5.41) is 18.9. The number of sulfonamides is 1. The van der Waals surface area contributed by atoms with Crippen LogP contribution in [0.3, 0.4) is 0 Å². The van der Waals surface area contributed by atoms with Gasteiger partial charge in [0.1, 0.15) is 11.5 Å². The van der Waals surface area contributed by atoms with Crippen molar-refractivity contribution in [1.29, 1.82) is 0 Å². The van der Waals surface area contributed by atoms with Crippen molar-refractivity contribution in [3.05, 3.63) is 40.4 Å². The maximum Gasteiger partial charge on any atom is 0.219 e. The molecule has 1 aliphatic rings. The van der Waals surface area contributed by atoms with Crippen LogP contribution in [-0.2, 0) is 21.4 Å². The minimum Gasteiger partial charge on any atom is -0.394 e. The molecule has 0 saturated carbocycles. The number of likely N-dealkylation sites (tertiary alicyclic amines) is 1. The molecule has 1 aromatic heterocycles. The van der Waals surface area contributed by atoms with Gasteiger partial charge in [-0.15, -0.1) is 0 Å². The summed E-state index contributed by atoms with van der Waals surface area (Å²) in [6.07, 6.45) is 0.657. The Balaban J connectivity index is 1.72. The Bertz CT molecular complexity index is 1120. The number of aliphatic hydroxyl groups is 1. The standard InChI is InChI=1S/C19H24ClFN6O5S/c1-12(29)27-7-4-14(5-8-27)33(30,31)23-11-17-18(26-32-25-17)19(22-6-9-28)24-13-2-3-16(21)15(20)10-13/h2-3,10,14,23,28H,4-9,11H2,1H3,(H,22,24). The molecule has 1 aromatic carbocycles. The molecule has 0 unspecified atom stereocenters. The quantitative estimate of drug-likeness (QED) is 0.359. The van der Waals surface area contributed by atoms with Gasteiger partial charge in [-0.3, -0.25) is 9.79 Å². The third kappa shape index (κ3) is 6.47. The monoisotopic (exact) mass is 502 g/mol. The Labute approximate surface area is 195 Å². The van der Waals surface area contributed by atoms with E-state index in [0.29, 0.717) is 31.6 Å². The Kier molecular flexibility index (Phi) is 8.35. The molecule has 2 heterocycles. The highest BCUT2D eigenvalue weighted by Gasteiger charge is 2.31. The third-order valence-electron chi connectivity index (χ3n) is 5.10. The lowest BCUT2D eigenvalue weighted by Crippen LogP contribution is -2.44. The maximum absolute atomic E-state index is 13.5. The predicted molar refractivity (Wildman–Crippen MR) is 119 cm³/mol. The van der Waals surface area contributed by atoms with Crippen LogP contribution in [0, 0.1) is 5.82 Å². The molecule has 11 nitrogen and oxygen atoms in total. The second kappa shape index (κ2) is 11.0. The summed E-state index contributed by atoms with van der Waals surface area (Å²) in [5.74, 6) is -0.540. The van der Waals surface area contributed by atoms with Crippen LogP contribution in [0.2, 0.25) is 5.02 Å². The second-order valence-corrected chi connectivity index (χ2v) is 9.79. The highest BCUT2D eigenvalue weighted by Crippen LogP contribution is 2.21. The van der Waals surface area contributed by atoms with E-state index in [1.54, 1.807) is 4.90 Å². The molecule has 1 fully saturated rings. The number of aliphatic imine (C=N–C) groups is 1. The lowest BCUT2D eigenvalue weighted by Gasteiger charge is -2.30. The number of hydrogen-bond donors (Lipinski definition) is 3. The zero-order valence-corrected chi connectivity index (χ0v) is 19.4. The number of piperidine rings is 1. The zero-order chi connectivity index (χ0) is 24.0. The summed E-state index contributed by atoms with van der Waals surface area (Å²) in [5.41, 5.74) is 0.681. The number of amides is 1. The summed E-state index contributed by atoms with van der Waals surface area (Å²) in [6, 6.07) is 3.94. The number of carbonyl (C=O) groups is 1. The molecular weight excluding hydrogens is 479 g/mol. The molecule has 2 aromatic rings. The van der Waals surface area contributed by atoms with Crippen molar-refractivity contribution < 1.29 is 27.3 Å². The van der Waals surface area contributed by atoms with E-state index in [4.69, 9.17) is 21.3 Å². The highest BCUT2D eigenvalue weighted by molar-refractivity contribution is 7.90. The van der Waals surface area contributed by atoms with Crippen LogP contribution in [0.4, 0.5) is 10.1 Å². The Morgan fingerprint density at radius 3 is 2.73 bits per heavy atom. The molecule has 3 rings (SSSR count). The molecule has 33 heavy (non-hydrogen) atoms. The smallest absolute Gasteiger partial charge is 0.219 e. The largest absolute Gasteiger partial charge is 0.394 e. The van der Waals surface area contributed by atoms with Gasteiger partial charge < -0.3 is 15.3 Å². The van der Waals surface area contributed by atoms with Crippen LogP contribution >= 0.6 is 11.6 Å². The van der Waals surface area contributed by atoms with Crippen molar-refractivity contribution in [2.24, 2.45) is 4.99 Å². The number of halogens is 2. The number of aliphatic hydroxyl groups excluding tert-OH is 1. The Morgan fingerprint density at radius 2 is 2.09 bits per heavy atom. The number of nitrogens with zero attached hydrogens (tertiary/aromatic N) is 4. The number of aromatic nitrogens is 2. The van der Waals surface area contributed by atoms with E-state index in [9.17, 15) is 17.6 Å². The van der Waals surface area contributed by atoms with E-state index >= 15 is 0 Å². The first-order valence-corrected chi connectivity index (χ1v) is 12.1. The average molecular weight is 503 g/mol. The molecule has 14 heteroatoms. The average Bonchev–Trinajstić information content (AvgIpc) is 3.26. The van der Waals surface area contributed by atoms with E-state index in [1.807, 2.05) is 0 Å². The summed E-state index contributed by atoms with van der Waals surface area (Å²) < 4.78 is 46.3. The van der Waals surface area contributed by atoms with Gasteiger partial charge in [-0.05, 0) is 36.2 Å². The number of rotatable bonds is 8. The molecule has 180 valence electrons.